The quantitative estimate of drug-likeness (QED) is 0.424. The number of nitrogens with zero attached hydrogens (tertiary/aromatic N) is 2. The lowest BCUT2D eigenvalue weighted by Crippen LogP contribution is -2.53. The molecule has 0 radical (unpaired) electrons. The average Bonchev–Trinajstić information content (AvgIpc) is 2.80. The van der Waals surface area contributed by atoms with Gasteiger partial charge in [0.05, 0.1) is 27.4 Å². The first-order chi connectivity index (χ1) is 14.7. The van der Waals surface area contributed by atoms with E-state index in [0.29, 0.717) is 12.0 Å². The summed E-state index contributed by atoms with van der Waals surface area (Å²) in [6.07, 6.45) is 3.25. The van der Waals surface area contributed by atoms with Gasteiger partial charge in [-0.05, 0) is 30.0 Å². The zero-order valence-corrected chi connectivity index (χ0v) is 19.4. The van der Waals surface area contributed by atoms with E-state index in [1.165, 1.54) is 18.4 Å². The molecule has 30 heavy (non-hydrogen) atoms. The normalized spacial score (nSPS) is 16.4. The highest BCUT2D eigenvalue weighted by Crippen LogP contribution is 2.27. The van der Waals surface area contributed by atoms with Gasteiger partial charge in [-0.3, -0.25) is 9.89 Å². The van der Waals surface area contributed by atoms with Crippen molar-refractivity contribution in [3.63, 3.8) is 0 Å². The molecule has 7 heteroatoms. The first kappa shape index (κ1) is 24.3. The van der Waals surface area contributed by atoms with Gasteiger partial charge < -0.3 is 24.8 Å². The fourth-order valence-corrected chi connectivity index (χ4v) is 4.12. The predicted octanol–water partition coefficient (Wildman–Crippen LogP) is 2.55. The van der Waals surface area contributed by atoms with E-state index in [1.807, 2.05) is 19.2 Å². The Morgan fingerprint density at radius 1 is 1.10 bits per heavy atom. The van der Waals surface area contributed by atoms with Crippen molar-refractivity contribution in [1.82, 2.24) is 15.5 Å². The molecule has 0 spiro atoms. The molecule has 2 N–H and O–H groups in total. The zero-order valence-electron chi connectivity index (χ0n) is 19.4. The minimum atomic E-state index is 0.494. The Labute approximate surface area is 182 Å². The third kappa shape index (κ3) is 7.06. The Hall–Kier alpha value is -1.99. The zero-order chi connectivity index (χ0) is 21.8. The van der Waals surface area contributed by atoms with Crippen molar-refractivity contribution in [2.75, 3.05) is 60.7 Å². The highest BCUT2D eigenvalue weighted by molar-refractivity contribution is 5.79. The molecule has 1 aromatic carbocycles. The van der Waals surface area contributed by atoms with E-state index in [0.717, 1.165) is 63.3 Å². The van der Waals surface area contributed by atoms with Gasteiger partial charge in [0, 0.05) is 39.3 Å². The van der Waals surface area contributed by atoms with Gasteiger partial charge in [-0.1, -0.05) is 32.8 Å². The first-order valence-corrected chi connectivity index (χ1v) is 11.1. The highest BCUT2D eigenvalue weighted by Gasteiger charge is 2.26. The molecule has 1 saturated heterocycles. The summed E-state index contributed by atoms with van der Waals surface area (Å²) in [6, 6.07) is 6.54. The van der Waals surface area contributed by atoms with Crippen molar-refractivity contribution in [3.8, 4) is 11.5 Å². The number of nitrogens with one attached hydrogen (secondary N) is 2. The summed E-state index contributed by atoms with van der Waals surface area (Å²) in [5.41, 5.74) is 1.19. The van der Waals surface area contributed by atoms with Gasteiger partial charge >= 0.3 is 0 Å². The Morgan fingerprint density at radius 3 is 2.40 bits per heavy atom. The molecule has 2 rings (SSSR count). The highest BCUT2D eigenvalue weighted by atomic mass is 16.5. The third-order valence-corrected chi connectivity index (χ3v) is 5.96. The first-order valence-electron chi connectivity index (χ1n) is 11.1. The molecule has 1 heterocycles. The van der Waals surface area contributed by atoms with Crippen LogP contribution in [0.25, 0.3) is 0 Å². The van der Waals surface area contributed by atoms with Gasteiger partial charge in [0.15, 0.2) is 17.5 Å². The van der Waals surface area contributed by atoms with Crippen molar-refractivity contribution >= 4 is 5.96 Å². The second-order valence-electron chi connectivity index (χ2n) is 7.61. The molecule has 0 saturated carbocycles. The molecule has 170 valence electrons. The number of aliphatic imine (C=N–C) groups is 1. The van der Waals surface area contributed by atoms with Crippen molar-refractivity contribution in [2.24, 2.45) is 10.9 Å². The number of hydrogen-bond acceptors (Lipinski definition) is 5. The molecule has 0 bridgehead atoms. The summed E-state index contributed by atoms with van der Waals surface area (Å²) in [4.78, 5) is 6.99. The van der Waals surface area contributed by atoms with Crippen LogP contribution < -0.4 is 20.1 Å². The largest absolute Gasteiger partial charge is 0.493 e. The van der Waals surface area contributed by atoms with E-state index < -0.39 is 0 Å². The molecule has 0 aliphatic carbocycles. The molecule has 0 aromatic heterocycles. The van der Waals surface area contributed by atoms with Crippen LogP contribution in [-0.4, -0.2) is 77.6 Å². The summed E-state index contributed by atoms with van der Waals surface area (Å²) in [5.74, 6) is 3.03. The molecular formula is C23H40N4O3. The van der Waals surface area contributed by atoms with Crippen molar-refractivity contribution in [2.45, 2.75) is 39.2 Å². The average molecular weight is 421 g/mol. The van der Waals surface area contributed by atoms with E-state index in [9.17, 15) is 0 Å². The van der Waals surface area contributed by atoms with Gasteiger partial charge in [0.25, 0.3) is 0 Å². The van der Waals surface area contributed by atoms with E-state index >= 15 is 0 Å². The Kier molecular flexibility index (Phi) is 10.8. The van der Waals surface area contributed by atoms with Gasteiger partial charge in [-0.2, -0.15) is 0 Å². The fraction of sp³-hybridized carbons (Fsp3) is 0.696. The van der Waals surface area contributed by atoms with Crippen LogP contribution in [0.1, 0.15) is 32.3 Å². The van der Waals surface area contributed by atoms with Crippen LogP contribution in [0, 0.1) is 5.92 Å². The summed E-state index contributed by atoms with van der Waals surface area (Å²) in [6.45, 7) is 9.94. The number of guanidine groups is 1. The van der Waals surface area contributed by atoms with Crippen LogP contribution in [-0.2, 0) is 11.2 Å². The number of methoxy groups -OCH3 is 2. The Bertz CT molecular complexity index is 643. The van der Waals surface area contributed by atoms with Crippen LogP contribution in [0.3, 0.4) is 0 Å². The minimum Gasteiger partial charge on any atom is -0.493 e. The van der Waals surface area contributed by atoms with Gasteiger partial charge in [0.1, 0.15) is 0 Å². The Balaban J connectivity index is 1.87. The third-order valence-electron chi connectivity index (χ3n) is 5.96. The van der Waals surface area contributed by atoms with Crippen LogP contribution in [0.4, 0.5) is 0 Å². The summed E-state index contributed by atoms with van der Waals surface area (Å²) in [5, 5.41) is 7.00. The van der Waals surface area contributed by atoms with E-state index in [-0.39, 0.29) is 0 Å². The number of ether oxygens (including phenoxy) is 3. The van der Waals surface area contributed by atoms with Gasteiger partial charge in [0.2, 0.25) is 0 Å². The van der Waals surface area contributed by atoms with Crippen LogP contribution in [0.2, 0.25) is 0 Å². The molecule has 1 unspecified atom stereocenters. The molecule has 1 aliphatic heterocycles. The number of benzene rings is 1. The van der Waals surface area contributed by atoms with Crippen molar-refractivity contribution in [1.29, 1.82) is 0 Å². The van der Waals surface area contributed by atoms with Crippen LogP contribution >= 0.6 is 0 Å². The van der Waals surface area contributed by atoms with Crippen LogP contribution in [0.15, 0.2) is 23.2 Å². The molecule has 7 nitrogen and oxygen atoms in total. The molecule has 1 aliphatic rings. The number of hydrogen-bond donors (Lipinski definition) is 2. The molecular weight excluding hydrogens is 380 g/mol. The van der Waals surface area contributed by atoms with E-state index in [4.69, 9.17) is 14.2 Å². The van der Waals surface area contributed by atoms with E-state index in [1.54, 1.807) is 14.2 Å². The predicted molar refractivity (Wildman–Crippen MR) is 123 cm³/mol. The maximum absolute atomic E-state index is 5.55. The maximum atomic E-state index is 5.55. The molecule has 0 amide bonds. The van der Waals surface area contributed by atoms with Gasteiger partial charge in [-0.15, -0.1) is 0 Å². The van der Waals surface area contributed by atoms with Gasteiger partial charge in [-0.25, -0.2) is 0 Å². The maximum Gasteiger partial charge on any atom is 0.191 e. The lowest BCUT2D eigenvalue weighted by Gasteiger charge is -2.39. The van der Waals surface area contributed by atoms with Crippen molar-refractivity contribution < 1.29 is 14.2 Å². The fourth-order valence-electron chi connectivity index (χ4n) is 4.12. The van der Waals surface area contributed by atoms with Crippen molar-refractivity contribution in [3.05, 3.63) is 23.8 Å². The monoisotopic (exact) mass is 420 g/mol. The molecule has 1 atom stereocenters. The SMILES string of the molecule is CCC(CC)C(CNC(=NC)NCCc1ccc(OC)c(OC)c1)N1CCOCC1. The number of rotatable bonds is 11. The van der Waals surface area contributed by atoms with E-state index in [2.05, 4.69) is 40.4 Å². The lowest BCUT2D eigenvalue weighted by molar-refractivity contribution is 0.00272. The summed E-state index contributed by atoms with van der Waals surface area (Å²) in [7, 11) is 5.14. The lowest BCUT2D eigenvalue weighted by atomic mass is 9.92. The summed E-state index contributed by atoms with van der Waals surface area (Å²) < 4.78 is 16.3. The standard InChI is InChI=1S/C23H40N4O3/c1-6-19(7-2)20(27-12-14-30-15-13-27)17-26-23(24-3)25-11-10-18-8-9-21(28-4)22(16-18)29-5/h8-9,16,19-20H,6-7,10-15,17H2,1-5H3,(H2,24,25,26). The Morgan fingerprint density at radius 2 is 1.80 bits per heavy atom. The molecule has 1 aromatic rings. The summed E-state index contributed by atoms with van der Waals surface area (Å²) >= 11 is 0. The second kappa shape index (κ2) is 13.3. The molecule has 1 fully saturated rings. The smallest absolute Gasteiger partial charge is 0.191 e. The minimum absolute atomic E-state index is 0.494. The van der Waals surface area contributed by atoms with Crippen LogP contribution in [0.5, 0.6) is 11.5 Å². The number of morpholine rings is 1. The second-order valence-corrected chi connectivity index (χ2v) is 7.61. The topological polar surface area (TPSA) is 67.4 Å².